The third-order valence-electron chi connectivity index (χ3n) is 3.07. The molecule has 0 saturated heterocycles. The predicted molar refractivity (Wildman–Crippen MR) is 86.6 cm³/mol. The third kappa shape index (κ3) is 4.54. The van der Waals surface area contributed by atoms with Gasteiger partial charge in [-0.25, -0.2) is 9.48 Å². The molecule has 2 aromatic heterocycles. The predicted octanol–water partition coefficient (Wildman–Crippen LogP) is 2.71. The molecule has 0 unspecified atom stereocenters. The summed E-state index contributed by atoms with van der Waals surface area (Å²) in [6.07, 6.45) is 3.48. The Labute approximate surface area is 138 Å². The van der Waals surface area contributed by atoms with Crippen molar-refractivity contribution >= 4 is 11.7 Å². The lowest BCUT2D eigenvalue weighted by Crippen LogP contribution is -2.18. The Hall–Kier alpha value is -3.42. The third-order valence-corrected chi connectivity index (χ3v) is 3.07. The van der Waals surface area contributed by atoms with Crippen molar-refractivity contribution in [3.63, 3.8) is 0 Å². The number of urea groups is 1. The van der Waals surface area contributed by atoms with Crippen molar-refractivity contribution in [1.29, 1.82) is 0 Å². The smallest absolute Gasteiger partial charge is 0.329 e. The number of benzene rings is 1. The van der Waals surface area contributed by atoms with Crippen molar-refractivity contribution in [2.75, 3.05) is 0 Å². The van der Waals surface area contributed by atoms with E-state index in [9.17, 15) is 4.79 Å². The van der Waals surface area contributed by atoms with Gasteiger partial charge in [0.15, 0.2) is 0 Å². The molecule has 2 amide bonds. The average molecular weight is 321 g/mol. The maximum absolute atomic E-state index is 11.7. The van der Waals surface area contributed by atoms with Crippen LogP contribution in [-0.4, -0.2) is 26.0 Å². The Morgan fingerprint density at radius 2 is 1.92 bits per heavy atom. The summed E-state index contributed by atoms with van der Waals surface area (Å²) < 4.78 is 1.66. The molecule has 2 heterocycles. The molecule has 3 rings (SSSR count). The van der Waals surface area contributed by atoms with Crippen molar-refractivity contribution in [2.45, 2.75) is 13.1 Å². The van der Waals surface area contributed by atoms with Gasteiger partial charge in [-0.05, 0) is 24.3 Å². The van der Waals surface area contributed by atoms with Gasteiger partial charge in [0.25, 0.3) is 0 Å². The van der Waals surface area contributed by atoms with E-state index < -0.39 is 6.03 Å². The van der Waals surface area contributed by atoms with Gasteiger partial charge in [-0.1, -0.05) is 34.6 Å². The lowest BCUT2D eigenvalue weighted by Gasteiger charge is -1.98. The van der Waals surface area contributed by atoms with Crippen LogP contribution in [0.15, 0.2) is 71.2 Å². The molecular formula is C16H15N7O. The van der Waals surface area contributed by atoms with E-state index >= 15 is 0 Å². The Bertz CT molecular complexity index is 815. The van der Waals surface area contributed by atoms with Crippen molar-refractivity contribution in [3.8, 4) is 0 Å². The Kier molecular flexibility index (Phi) is 4.98. The first-order chi connectivity index (χ1) is 11.8. The summed E-state index contributed by atoms with van der Waals surface area (Å²) in [6.45, 7) is 0.754. The van der Waals surface area contributed by atoms with E-state index in [1.807, 2.05) is 36.4 Å². The second kappa shape index (κ2) is 7.73. The topological polar surface area (TPSA) is 97.4 Å². The van der Waals surface area contributed by atoms with Crippen LogP contribution in [0.1, 0.15) is 11.4 Å². The van der Waals surface area contributed by atoms with E-state index in [4.69, 9.17) is 0 Å². The first-order valence-electron chi connectivity index (χ1n) is 7.33. The first kappa shape index (κ1) is 15.5. The lowest BCUT2D eigenvalue weighted by molar-refractivity contribution is 0.247. The van der Waals surface area contributed by atoms with Crippen molar-refractivity contribution in [1.82, 2.24) is 25.3 Å². The molecule has 0 radical (unpaired) electrons. The van der Waals surface area contributed by atoms with Gasteiger partial charge in [0.05, 0.1) is 30.7 Å². The van der Waals surface area contributed by atoms with Crippen LogP contribution in [0.4, 0.5) is 10.5 Å². The number of rotatable bonds is 5. The SMILES string of the molecule is O=C(N=Nc1ccccc1)NCc1cn(Cc2ccccn2)nn1. The van der Waals surface area contributed by atoms with Crippen molar-refractivity contribution in [3.05, 3.63) is 72.3 Å². The minimum atomic E-state index is -0.530. The maximum atomic E-state index is 11.7. The zero-order valence-corrected chi connectivity index (χ0v) is 12.8. The van der Waals surface area contributed by atoms with Gasteiger partial charge in [0.2, 0.25) is 0 Å². The maximum Gasteiger partial charge on any atom is 0.359 e. The molecule has 1 aromatic carbocycles. The zero-order chi connectivity index (χ0) is 16.6. The highest BCUT2D eigenvalue weighted by Crippen LogP contribution is 2.09. The summed E-state index contributed by atoms with van der Waals surface area (Å²) in [5.41, 5.74) is 2.14. The number of carbonyl (C=O) groups is 1. The molecule has 120 valence electrons. The molecule has 3 aromatic rings. The highest BCUT2D eigenvalue weighted by atomic mass is 16.2. The van der Waals surface area contributed by atoms with E-state index in [1.54, 1.807) is 29.2 Å². The number of azo groups is 1. The van der Waals surface area contributed by atoms with Gasteiger partial charge < -0.3 is 5.32 Å². The zero-order valence-electron chi connectivity index (χ0n) is 12.8. The summed E-state index contributed by atoms with van der Waals surface area (Å²) in [6, 6.07) is 14.2. The van der Waals surface area contributed by atoms with Crippen molar-refractivity contribution in [2.24, 2.45) is 10.2 Å². The Morgan fingerprint density at radius 3 is 2.71 bits per heavy atom. The largest absolute Gasteiger partial charge is 0.359 e. The van der Waals surface area contributed by atoms with Crippen LogP contribution < -0.4 is 5.32 Å². The lowest BCUT2D eigenvalue weighted by atomic mass is 10.3. The number of aromatic nitrogens is 4. The fraction of sp³-hybridized carbons (Fsp3) is 0.125. The van der Waals surface area contributed by atoms with E-state index in [0.29, 0.717) is 17.9 Å². The molecule has 0 atom stereocenters. The molecule has 1 N–H and O–H groups in total. The summed E-state index contributed by atoms with van der Waals surface area (Å²) in [5.74, 6) is 0. The van der Waals surface area contributed by atoms with Crippen LogP contribution in [0.3, 0.4) is 0 Å². The second-order valence-electron chi connectivity index (χ2n) is 4.92. The van der Waals surface area contributed by atoms with Crippen LogP contribution in [0.5, 0.6) is 0 Å². The van der Waals surface area contributed by atoms with Gasteiger partial charge in [-0.2, -0.15) is 0 Å². The van der Waals surface area contributed by atoms with Crippen LogP contribution in [0.25, 0.3) is 0 Å². The van der Waals surface area contributed by atoms with Gasteiger partial charge in [-0.3, -0.25) is 4.98 Å². The molecule has 0 saturated carbocycles. The normalized spacial score (nSPS) is 10.8. The minimum Gasteiger partial charge on any atom is -0.329 e. The highest BCUT2D eigenvalue weighted by molar-refractivity contribution is 5.74. The molecule has 0 aliphatic rings. The van der Waals surface area contributed by atoms with Gasteiger partial charge in [0.1, 0.15) is 5.69 Å². The molecule has 0 aliphatic heterocycles. The first-order valence-corrected chi connectivity index (χ1v) is 7.33. The number of amides is 2. The number of carbonyl (C=O) groups excluding carboxylic acids is 1. The number of nitrogens with one attached hydrogen (secondary N) is 1. The summed E-state index contributed by atoms with van der Waals surface area (Å²) in [4.78, 5) is 15.9. The fourth-order valence-corrected chi connectivity index (χ4v) is 1.95. The van der Waals surface area contributed by atoms with Crippen LogP contribution in [0.2, 0.25) is 0 Å². The highest BCUT2D eigenvalue weighted by Gasteiger charge is 2.04. The quantitative estimate of drug-likeness (QED) is 0.730. The molecule has 0 bridgehead atoms. The monoisotopic (exact) mass is 321 g/mol. The number of nitrogens with zero attached hydrogens (tertiary/aromatic N) is 6. The second-order valence-corrected chi connectivity index (χ2v) is 4.92. The number of hydrogen-bond acceptors (Lipinski definition) is 5. The van der Waals surface area contributed by atoms with E-state index in [2.05, 4.69) is 30.8 Å². The Balaban J connectivity index is 1.50. The molecule has 0 spiro atoms. The molecule has 0 fully saturated rings. The van der Waals surface area contributed by atoms with E-state index in [-0.39, 0.29) is 6.54 Å². The van der Waals surface area contributed by atoms with Gasteiger partial charge >= 0.3 is 6.03 Å². The number of pyridine rings is 1. The molecule has 8 nitrogen and oxygen atoms in total. The summed E-state index contributed by atoms with van der Waals surface area (Å²) in [7, 11) is 0. The van der Waals surface area contributed by atoms with Crippen LogP contribution >= 0.6 is 0 Å². The summed E-state index contributed by atoms with van der Waals surface area (Å²) >= 11 is 0. The molecular weight excluding hydrogens is 306 g/mol. The van der Waals surface area contributed by atoms with Crippen molar-refractivity contribution < 1.29 is 4.79 Å². The van der Waals surface area contributed by atoms with Crippen LogP contribution in [0, 0.1) is 0 Å². The average Bonchev–Trinajstić information content (AvgIpc) is 3.07. The molecule has 24 heavy (non-hydrogen) atoms. The fourth-order valence-electron chi connectivity index (χ4n) is 1.95. The molecule has 0 aliphatic carbocycles. The van der Waals surface area contributed by atoms with Gasteiger partial charge in [0, 0.05) is 6.20 Å². The molecule has 8 heteroatoms. The standard InChI is InChI=1S/C16H15N7O/c24-16(21-19-13-6-2-1-3-7-13)18-10-15-12-23(22-20-15)11-14-8-4-5-9-17-14/h1-9,12H,10-11H2,(H,18,24). The Morgan fingerprint density at radius 1 is 1.08 bits per heavy atom. The van der Waals surface area contributed by atoms with Crippen LogP contribution in [-0.2, 0) is 13.1 Å². The van der Waals surface area contributed by atoms with E-state index in [0.717, 1.165) is 5.69 Å². The number of hydrogen-bond donors (Lipinski definition) is 1. The van der Waals surface area contributed by atoms with E-state index in [1.165, 1.54) is 0 Å². The minimum absolute atomic E-state index is 0.231. The summed E-state index contributed by atoms with van der Waals surface area (Å²) in [5, 5.41) is 18.1. The van der Waals surface area contributed by atoms with Gasteiger partial charge in [-0.15, -0.1) is 10.2 Å².